The first-order valence-corrected chi connectivity index (χ1v) is 11.5. The van der Waals surface area contributed by atoms with Crippen LogP contribution < -0.4 is 0 Å². The number of nitrogens with zero attached hydrogens (tertiary/aromatic N) is 2. The largest absolute Gasteiger partial charge is 0.698 e. The first-order chi connectivity index (χ1) is 14.3. The maximum Gasteiger partial charge on any atom is 0.409 e. The predicted octanol–water partition coefficient (Wildman–Crippen LogP) is 7.22. The van der Waals surface area contributed by atoms with Gasteiger partial charge in [0.25, 0.3) is 5.17 Å². The molecule has 0 unspecified atom stereocenters. The minimum Gasteiger partial charge on any atom is -0.698 e. The van der Waals surface area contributed by atoms with Crippen molar-refractivity contribution in [1.82, 2.24) is 9.80 Å². The van der Waals surface area contributed by atoms with Crippen LogP contribution in [0.3, 0.4) is 0 Å². The van der Waals surface area contributed by atoms with Crippen LogP contribution in [0, 0.1) is 0 Å². The van der Waals surface area contributed by atoms with Crippen LogP contribution in [0.5, 0.6) is 0 Å². The number of carbonyl (C=O) groups is 2. The molecule has 0 atom stereocenters. The summed E-state index contributed by atoms with van der Waals surface area (Å²) in [7, 11) is 7.05. The van der Waals surface area contributed by atoms with Crippen molar-refractivity contribution in [3.8, 4) is 0 Å². The molecule has 1 amide bonds. The standard InChI is InChI=1S/C6H13NO2.C6H13NOS.C4H8O2S.C4H8OS2.4CH4/c1-5(2)9-6(8)7(3)4;1-5(2)8-6(9)7(3)4;1-3(2)6-4(5)7;1-3(2)5-4(6)7;;;;/h2*5H,1-4H3;3H,1-2H3,(H,5,7);3H,1-2H3,(H,6,7);4*1H4/p-2. The Morgan fingerprint density at radius 2 is 0.889 bits per heavy atom. The maximum atomic E-state index is 10.7. The van der Waals surface area contributed by atoms with Crippen molar-refractivity contribution in [2.24, 2.45) is 0 Å². The Kier molecular flexibility index (Phi) is 51.9. The summed E-state index contributed by atoms with van der Waals surface area (Å²) in [5.41, 5.74) is 0. The molecule has 0 heterocycles. The van der Waals surface area contributed by atoms with Crippen molar-refractivity contribution in [2.45, 2.75) is 110 Å². The summed E-state index contributed by atoms with van der Waals surface area (Å²) in [4.78, 5) is 23.7. The van der Waals surface area contributed by atoms with E-state index in [1.807, 2.05) is 55.6 Å². The van der Waals surface area contributed by atoms with Crippen LogP contribution in [0.1, 0.15) is 85.1 Å². The first-order valence-electron chi connectivity index (χ1n) is 9.84. The Morgan fingerprint density at radius 3 is 0.944 bits per heavy atom. The highest BCUT2D eigenvalue weighted by molar-refractivity contribution is 7.99. The number of hydrogen-bond acceptors (Lipinski definition) is 10. The molecule has 36 heavy (non-hydrogen) atoms. The Hall–Kier alpha value is -1.24. The van der Waals surface area contributed by atoms with Crippen molar-refractivity contribution in [1.29, 1.82) is 0 Å². The van der Waals surface area contributed by atoms with E-state index < -0.39 is 5.30 Å². The predicted molar refractivity (Wildman–Crippen MR) is 170 cm³/mol. The molecule has 0 bridgehead atoms. The Balaban J connectivity index is -0.0000000470. The van der Waals surface area contributed by atoms with Crippen LogP contribution >= 0.6 is 24.4 Å². The van der Waals surface area contributed by atoms with E-state index in [1.54, 1.807) is 32.8 Å². The average molecular weight is 597 g/mol. The van der Waals surface area contributed by atoms with Gasteiger partial charge in [0, 0.05) is 32.6 Å². The second-order valence-corrected chi connectivity index (χ2v) is 9.17. The van der Waals surface area contributed by atoms with Crippen molar-refractivity contribution in [2.75, 3.05) is 28.2 Å². The van der Waals surface area contributed by atoms with E-state index in [-0.39, 0.29) is 64.6 Å². The molecule has 0 fully saturated rings. The molecule has 224 valence electrons. The Bertz CT molecular complexity index is 485. The normalized spacial score (nSPS) is 8.22. The topological polar surface area (TPSA) is 77.5 Å². The summed E-state index contributed by atoms with van der Waals surface area (Å²) < 4.78 is 19.4. The number of rotatable bonds is 4. The van der Waals surface area contributed by atoms with Gasteiger partial charge in [0.15, 0.2) is 5.30 Å². The third-order valence-electron chi connectivity index (χ3n) is 2.07. The fourth-order valence-electron chi connectivity index (χ4n) is 0.999. The number of amides is 1. The lowest BCUT2D eigenvalue weighted by molar-refractivity contribution is 0.0903. The third kappa shape index (κ3) is 63.8. The van der Waals surface area contributed by atoms with Gasteiger partial charge in [-0.05, 0) is 67.6 Å². The molecule has 0 N–H and O–H groups in total. The van der Waals surface area contributed by atoms with Crippen LogP contribution in [0.2, 0.25) is 0 Å². The van der Waals surface area contributed by atoms with Gasteiger partial charge >= 0.3 is 6.09 Å². The molecular weight excluding hydrogens is 541 g/mol. The Morgan fingerprint density at radius 1 is 0.583 bits per heavy atom. The van der Waals surface area contributed by atoms with E-state index in [0.29, 0.717) is 5.17 Å². The van der Waals surface area contributed by atoms with Gasteiger partial charge in [0.1, 0.15) is 0 Å². The highest BCUT2D eigenvalue weighted by atomic mass is 32.1. The second-order valence-electron chi connectivity index (χ2n) is 7.49. The maximum absolute atomic E-state index is 10.7. The molecule has 8 nitrogen and oxygen atoms in total. The van der Waals surface area contributed by atoms with Gasteiger partial charge in [-0.15, -0.1) is 0 Å². The monoisotopic (exact) mass is 596 g/mol. The minimum absolute atomic E-state index is 0. The highest BCUT2D eigenvalue weighted by Gasteiger charge is 2.05. The summed E-state index contributed by atoms with van der Waals surface area (Å²) in [6.07, 6.45) is -0.0835. The van der Waals surface area contributed by atoms with Crippen LogP contribution in [0.4, 0.5) is 9.59 Å². The zero-order chi connectivity index (χ0) is 26.6. The van der Waals surface area contributed by atoms with E-state index in [1.165, 1.54) is 4.90 Å². The first kappa shape index (κ1) is 55.3. The summed E-state index contributed by atoms with van der Waals surface area (Å²) in [6, 6.07) is 0. The van der Waals surface area contributed by atoms with Crippen molar-refractivity contribution < 1.29 is 28.5 Å². The molecule has 0 aliphatic carbocycles. The van der Waals surface area contributed by atoms with Crippen LogP contribution in [0.15, 0.2) is 0 Å². The molecule has 0 aliphatic rings. The van der Waals surface area contributed by atoms with Crippen molar-refractivity contribution >= 4 is 70.6 Å². The highest BCUT2D eigenvalue weighted by Crippen LogP contribution is 1.93. The van der Waals surface area contributed by atoms with Gasteiger partial charge in [0.05, 0.1) is 24.4 Å². The molecule has 0 saturated heterocycles. The number of hydrogen-bond donors (Lipinski definition) is 0. The third-order valence-corrected chi connectivity index (χ3v) is 2.82. The van der Waals surface area contributed by atoms with Crippen LogP contribution in [-0.2, 0) is 44.2 Å². The second kappa shape index (κ2) is 33.8. The van der Waals surface area contributed by atoms with Crippen molar-refractivity contribution in [3.05, 3.63) is 0 Å². The molecule has 0 aromatic carbocycles. The van der Waals surface area contributed by atoms with Gasteiger partial charge in [-0.3, -0.25) is 4.79 Å². The number of thiocarbonyl (C=S) groups is 2. The number of ether oxygens (including phenoxy) is 4. The minimum atomic E-state index is -0.630. The van der Waals surface area contributed by atoms with Crippen LogP contribution in [-0.4, -0.2) is 83.4 Å². The lowest BCUT2D eigenvalue weighted by Crippen LogP contribution is -2.25. The zero-order valence-electron chi connectivity index (χ0n) is 21.3. The van der Waals surface area contributed by atoms with E-state index in [0.717, 1.165) is 0 Å². The fourth-order valence-corrected chi connectivity index (χ4v) is 1.77. The molecule has 0 aromatic rings. The van der Waals surface area contributed by atoms with E-state index >= 15 is 0 Å². The summed E-state index contributed by atoms with van der Waals surface area (Å²) >= 11 is 17.9. The van der Waals surface area contributed by atoms with Gasteiger partial charge in [-0.25, -0.2) is 4.79 Å². The average Bonchev–Trinajstić information content (AvgIpc) is 2.52. The molecule has 0 radical (unpaired) electrons. The summed E-state index contributed by atoms with van der Waals surface area (Å²) in [6.45, 7) is 14.8. The lowest BCUT2D eigenvalue weighted by atomic mass is 10.5. The summed E-state index contributed by atoms with van der Waals surface area (Å²) in [5, 5.41) is -0.0833. The van der Waals surface area contributed by atoms with Gasteiger partial charge in [-0.1, -0.05) is 29.7 Å². The quantitative estimate of drug-likeness (QED) is 0.187. The zero-order valence-corrected chi connectivity index (χ0v) is 24.6. The molecule has 0 aliphatic heterocycles. The molecule has 0 aromatic heterocycles. The van der Waals surface area contributed by atoms with Gasteiger partial charge in [-0.2, -0.15) is 0 Å². The van der Waals surface area contributed by atoms with E-state index in [4.69, 9.17) is 26.4 Å². The lowest BCUT2D eigenvalue weighted by Gasteiger charge is -2.16. The SMILES string of the molecule is C.C.C.C.CC(C)OC(=O)N(C)C.CC(C)OC(=O)[S-].CC(C)OC(=S)N(C)C.CC(C)OC(=S)[S-]. The fraction of sp³-hybridized carbons (Fsp3) is 0.833. The Labute approximate surface area is 245 Å². The molecule has 0 rings (SSSR count). The number of carbonyl (C=O) groups excluding carboxylic acids is 2. The molecule has 12 heteroatoms. The van der Waals surface area contributed by atoms with E-state index in [9.17, 15) is 9.59 Å². The smallest absolute Gasteiger partial charge is 0.409 e. The van der Waals surface area contributed by atoms with Crippen LogP contribution in [0.25, 0.3) is 0 Å². The molecule has 0 spiro atoms. The molecule has 0 saturated carbocycles. The van der Waals surface area contributed by atoms with Gasteiger partial charge in [0.2, 0.25) is 0 Å². The van der Waals surface area contributed by atoms with E-state index in [2.05, 4.69) is 42.2 Å². The van der Waals surface area contributed by atoms with Gasteiger partial charge < -0.3 is 66.2 Å². The molecular formula is C24H56N2O6S4-2. The summed E-state index contributed by atoms with van der Waals surface area (Å²) in [5.74, 6) is 0. The van der Waals surface area contributed by atoms with Crippen molar-refractivity contribution in [3.63, 3.8) is 0 Å².